The summed E-state index contributed by atoms with van der Waals surface area (Å²) in [5.41, 5.74) is 0.184. The SMILES string of the molecule is C[C@@]1(O)CC[C@@]2(C)[C@@H](CC[C@]3(C)[C@@H]2CC[C@@]2(C)[C@H]3CC[C@@H]2C(O)Cn2cc(S(C)(=O)=O)cn2)C1. The molecule has 0 amide bonds. The lowest BCUT2D eigenvalue weighted by atomic mass is 9.39. The summed E-state index contributed by atoms with van der Waals surface area (Å²) in [6.45, 7) is 9.87. The van der Waals surface area contributed by atoms with Crippen molar-refractivity contribution in [2.24, 2.45) is 39.9 Å². The van der Waals surface area contributed by atoms with Gasteiger partial charge >= 0.3 is 0 Å². The third-order valence-electron chi connectivity index (χ3n) is 11.5. The molecule has 1 aromatic heterocycles. The summed E-state index contributed by atoms with van der Waals surface area (Å²) in [6.07, 6.45) is 13.6. The normalized spacial score (nSPS) is 47.5. The number of fused-ring (bicyclic) bond motifs is 5. The number of aromatic nitrogens is 2. The van der Waals surface area contributed by atoms with E-state index in [0.717, 1.165) is 38.5 Å². The average molecular weight is 493 g/mol. The number of nitrogens with zero attached hydrogens (tertiary/aromatic N) is 2. The number of hydrogen-bond donors (Lipinski definition) is 2. The van der Waals surface area contributed by atoms with Crippen molar-refractivity contribution >= 4 is 9.84 Å². The van der Waals surface area contributed by atoms with E-state index in [1.807, 2.05) is 6.92 Å². The van der Waals surface area contributed by atoms with E-state index < -0.39 is 21.5 Å². The maximum absolute atomic E-state index is 11.8. The second-order valence-electron chi connectivity index (χ2n) is 13.5. The van der Waals surface area contributed by atoms with Gasteiger partial charge in [0.05, 0.1) is 24.4 Å². The van der Waals surface area contributed by atoms with E-state index in [2.05, 4.69) is 25.9 Å². The topological polar surface area (TPSA) is 92.4 Å². The van der Waals surface area contributed by atoms with E-state index >= 15 is 0 Å². The van der Waals surface area contributed by atoms with Gasteiger partial charge in [-0.1, -0.05) is 20.8 Å². The van der Waals surface area contributed by atoms with E-state index in [4.69, 9.17) is 0 Å². The highest BCUT2D eigenvalue weighted by Gasteiger charge is 2.66. The Hall–Kier alpha value is -0.920. The summed E-state index contributed by atoms with van der Waals surface area (Å²) < 4.78 is 25.3. The first-order valence-corrected chi connectivity index (χ1v) is 15.2. The van der Waals surface area contributed by atoms with E-state index in [-0.39, 0.29) is 21.6 Å². The van der Waals surface area contributed by atoms with Crippen molar-refractivity contribution in [2.75, 3.05) is 6.26 Å². The van der Waals surface area contributed by atoms with Gasteiger partial charge in [-0.3, -0.25) is 4.68 Å². The third-order valence-corrected chi connectivity index (χ3v) is 12.6. The van der Waals surface area contributed by atoms with Crippen LogP contribution in [0, 0.1) is 39.9 Å². The Morgan fingerprint density at radius 1 is 1.00 bits per heavy atom. The molecule has 7 heteroatoms. The molecule has 4 saturated carbocycles. The molecule has 34 heavy (non-hydrogen) atoms. The predicted octanol–water partition coefficient (Wildman–Crippen LogP) is 4.45. The Morgan fingerprint density at radius 2 is 1.68 bits per heavy atom. The average Bonchev–Trinajstić information content (AvgIpc) is 3.33. The minimum absolute atomic E-state index is 0.0981. The van der Waals surface area contributed by atoms with Gasteiger partial charge in [0.2, 0.25) is 0 Å². The molecule has 0 spiro atoms. The number of sulfone groups is 1. The molecule has 2 N–H and O–H groups in total. The van der Waals surface area contributed by atoms with Gasteiger partial charge in [0, 0.05) is 12.5 Å². The van der Waals surface area contributed by atoms with Crippen molar-refractivity contribution in [3.63, 3.8) is 0 Å². The highest BCUT2D eigenvalue weighted by atomic mass is 32.2. The molecule has 4 fully saturated rings. The highest BCUT2D eigenvalue weighted by Crippen LogP contribution is 2.72. The van der Waals surface area contributed by atoms with Gasteiger partial charge in [-0.25, -0.2) is 8.42 Å². The molecule has 5 rings (SSSR count). The van der Waals surface area contributed by atoms with E-state index in [1.54, 1.807) is 10.9 Å². The zero-order chi connectivity index (χ0) is 24.7. The standard InChI is InChI=1S/C27H44N2O4S/c1-24(31)12-13-25(2)18(14-24)8-10-27(4)22-7-6-20(26(22,3)11-9-23(25)27)21(30)17-29-16-19(15-28-29)34(5,32)33/h15-16,18,20-23,30-31H,6-14,17H2,1-5H3/t18-,20+,21?,22+,23+,24+,25-,26+,27-/m0/s1. The molecule has 6 nitrogen and oxygen atoms in total. The van der Waals surface area contributed by atoms with E-state index in [0.29, 0.717) is 29.7 Å². The Balaban J connectivity index is 1.36. The van der Waals surface area contributed by atoms with Crippen LogP contribution in [0.2, 0.25) is 0 Å². The molecule has 4 aliphatic carbocycles. The molecule has 0 saturated heterocycles. The molecule has 1 unspecified atom stereocenters. The molecule has 9 atom stereocenters. The van der Waals surface area contributed by atoms with Gasteiger partial charge in [-0.05, 0) is 105 Å². The number of aliphatic hydroxyl groups excluding tert-OH is 1. The van der Waals surface area contributed by atoms with Crippen LogP contribution in [0.3, 0.4) is 0 Å². The minimum Gasteiger partial charge on any atom is -0.391 e. The number of aliphatic hydroxyl groups is 2. The largest absolute Gasteiger partial charge is 0.391 e. The summed E-state index contributed by atoms with van der Waals surface area (Å²) in [5.74, 6) is 2.11. The fourth-order valence-electron chi connectivity index (χ4n) is 9.74. The summed E-state index contributed by atoms with van der Waals surface area (Å²) >= 11 is 0. The molecule has 4 aliphatic rings. The van der Waals surface area contributed by atoms with Crippen molar-refractivity contribution in [1.29, 1.82) is 0 Å². The maximum Gasteiger partial charge on any atom is 0.178 e. The molecule has 0 bridgehead atoms. The zero-order valence-corrected chi connectivity index (χ0v) is 22.4. The van der Waals surface area contributed by atoms with Crippen LogP contribution in [0.5, 0.6) is 0 Å². The Bertz CT molecular complexity index is 1050. The predicted molar refractivity (Wildman–Crippen MR) is 132 cm³/mol. The minimum atomic E-state index is -3.29. The lowest BCUT2D eigenvalue weighted by Gasteiger charge is -2.66. The van der Waals surface area contributed by atoms with Gasteiger partial charge in [-0.2, -0.15) is 5.10 Å². The summed E-state index contributed by atoms with van der Waals surface area (Å²) in [7, 11) is -3.29. The van der Waals surface area contributed by atoms with Gasteiger partial charge in [0.15, 0.2) is 9.84 Å². The molecule has 0 aliphatic heterocycles. The Kier molecular flexibility index (Phi) is 5.67. The van der Waals surface area contributed by atoms with Crippen molar-refractivity contribution in [3.05, 3.63) is 12.4 Å². The maximum atomic E-state index is 11.8. The monoisotopic (exact) mass is 492 g/mol. The van der Waals surface area contributed by atoms with Crippen LogP contribution < -0.4 is 0 Å². The van der Waals surface area contributed by atoms with Gasteiger partial charge in [-0.15, -0.1) is 0 Å². The highest BCUT2D eigenvalue weighted by molar-refractivity contribution is 7.90. The third kappa shape index (κ3) is 3.71. The van der Waals surface area contributed by atoms with Gasteiger partial charge in [0.25, 0.3) is 0 Å². The molecule has 192 valence electrons. The van der Waals surface area contributed by atoms with Crippen LogP contribution in [0.15, 0.2) is 17.3 Å². The molecular weight excluding hydrogens is 448 g/mol. The van der Waals surface area contributed by atoms with Crippen LogP contribution in [0.25, 0.3) is 0 Å². The lowest BCUT2D eigenvalue weighted by Crippen LogP contribution is -2.60. The van der Waals surface area contributed by atoms with Crippen LogP contribution in [0.4, 0.5) is 0 Å². The first-order chi connectivity index (χ1) is 15.7. The fourth-order valence-corrected chi connectivity index (χ4v) is 10.3. The van der Waals surface area contributed by atoms with Crippen molar-refractivity contribution in [3.8, 4) is 0 Å². The molecule has 0 aromatic carbocycles. The number of hydrogen-bond acceptors (Lipinski definition) is 5. The van der Waals surface area contributed by atoms with Crippen molar-refractivity contribution < 1.29 is 18.6 Å². The Morgan fingerprint density at radius 3 is 2.35 bits per heavy atom. The second kappa shape index (κ2) is 7.79. The first kappa shape index (κ1) is 24.8. The van der Waals surface area contributed by atoms with Crippen molar-refractivity contribution in [1.82, 2.24) is 9.78 Å². The van der Waals surface area contributed by atoms with Gasteiger partial charge < -0.3 is 10.2 Å². The summed E-state index contributed by atoms with van der Waals surface area (Å²) in [6, 6.07) is 0. The second-order valence-corrected chi connectivity index (χ2v) is 15.5. The summed E-state index contributed by atoms with van der Waals surface area (Å²) in [5, 5.41) is 26.4. The van der Waals surface area contributed by atoms with Crippen LogP contribution in [-0.2, 0) is 16.4 Å². The quantitative estimate of drug-likeness (QED) is 0.648. The van der Waals surface area contributed by atoms with E-state index in [1.165, 1.54) is 31.7 Å². The van der Waals surface area contributed by atoms with Crippen LogP contribution in [0.1, 0.15) is 85.5 Å². The summed E-state index contributed by atoms with van der Waals surface area (Å²) in [4.78, 5) is 0.208. The Labute approximate surface area is 205 Å². The smallest absolute Gasteiger partial charge is 0.178 e. The molecule has 1 heterocycles. The number of rotatable bonds is 4. The lowest BCUT2D eigenvalue weighted by molar-refractivity contribution is -0.190. The van der Waals surface area contributed by atoms with E-state index in [9.17, 15) is 18.6 Å². The zero-order valence-electron chi connectivity index (χ0n) is 21.6. The van der Waals surface area contributed by atoms with Crippen molar-refractivity contribution in [2.45, 2.75) is 109 Å². The van der Waals surface area contributed by atoms with Crippen LogP contribution in [-0.4, -0.2) is 46.4 Å². The molecule has 1 aromatic rings. The molecule has 0 radical (unpaired) electrons. The molecular formula is C27H44N2O4S. The fraction of sp³-hybridized carbons (Fsp3) is 0.889. The first-order valence-electron chi connectivity index (χ1n) is 13.3. The van der Waals surface area contributed by atoms with Gasteiger partial charge in [0.1, 0.15) is 4.90 Å². The van der Waals surface area contributed by atoms with Crippen LogP contribution >= 0.6 is 0 Å².